The number of ether oxygens (including phenoxy) is 1. The molecule has 92 valence electrons. The van der Waals surface area contributed by atoms with Crippen LogP contribution in [0.5, 0.6) is 0 Å². The smallest absolute Gasteiger partial charge is 0.103 e. The first kappa shape index (κ1) is 13.3. The summed E-state index contributed by atoms with van der Waals surface area (Å²) in [5.41, 5.74) is 0. The summed E-state index contributed by atoms with van der Waals surface area (Å²) in [6, 6.07) is 4.80. The molecule has 16 heavy (non-hydrogen) atoms. The van der Waals surface area contributed by atoms with Gasteiger partial charge in [-0.25, -0.2) is 0 Å². The van der Waals surface area contributed by atoms with Crippen LogP contribution in [0.25, 0.3) is 0 Å². The lowest BCUT2D eigenvalue weighted by Gasteiger charge is -2.24. The van der Waals surface area contributed by atoms with Crippen LogP contribution in [-0.4, -0.2) is 25.3 Å². The van der Waals surface area contributed by atoms with E-state index in [2.05, 4.69) is 26.1 Å². The van der Waals surface area contributed by atoms with E-state index >= 15 is 0 Å². The van der Waals surface area contributed by atoms with Gasteiger partial charge in [0, 0.05) is 25.6 Å². The van der Waals surface area contributed by atoms with Gasteiger partial charge < -0.3 is 14.5 Å². The molecule has 0 amide bonds. The first-order valence-electron chi connectivity index (χ1n) is 5.94. The standard InChI is InChI=1S/C13H23NO2/c1-10(14-11(2)12(3)15-4)7-8-13-6-5-9-16-13/h5-6,9-12,14H,7-8H2,1-4H3. The third kappa shape index (κ3) is 4.37. The molecule has 1 N–H and O–H groups in total. The summed E-state index contributed by atoms with van der Waals surface area (Å²) in [5.74, 6) is 1.06. The highest BCUT2D eigenvalue weighted by Gasteiger charge is 2.13. The molecular formula is C13H23NO2. The summed E-state index contributed by atoms with van der Waals surface area (Å²) in [4.78, 5) is 0. The van der Waals surface area contributed by atoms with E-state index < -0.39 is 0 Å². The van der Waals surface area contributed by atoms with Crippen molar-refractivity contribution in [2.75, 3.05) is 7.11 Å². The van der Waals surface area contributed by atoms with E-state index in [-0.39, 0.29) is 6.10 Å². The van der Waals surface area contributed by atoms with E-state index in [1.807, 2.05) is 12.1 Å². The molecule has 0 aliphatic heterocycles. The van der Waals surface area contributed by atoms with Crippen molar-refractivity contribution < 1.29 is 9.15 Å². The van der Waals surface area contributed by atoms with Crippen LogP contribution in [0.2, 0.25) is 0 Å². The lowest BCUT2D eigenvalue weighted by atomic mass is 10.1. The van der Waals surface area contributed by atoms with E-state index in [0.717, 1.165) is 18.6 Å². The van der Waals surface area contributed by atoms with Crippen LogP contribution in [0, 0.1) is 0 Å². The van der Waals surface area contributed by atoms with Gasteiger partial charge in [0.15, 0.2) is 0 Å². The molecule has 3 unspecified atom stereocenters. The molecule has 3 heteroatoms. The van der Waals surface area contributed by atoms with E-state index in [0.29, 0.717) is 12.1 Å². The number of nitrogens with one attached hydrogen (secondary N) is 1. The van der Waals surface area contributed by atoms with Gasteiger partial charge in [-0.15, -0.1) is 0 Å². The Morgan fingerprint density at radius 3 is 2.69 bits per heavy atom. The molecule has 1 aromatic rings. The van der Waals surface area contributed by atoms with Gasteiger partial charge in [0.1, 0.15) is 5.76 Å². The second-order valence-corrected chi connectivity index (χ2v) is 4.42. The summed E-state index contributed by atoms with van der Waals surface area (Å²) >= 11 is 0. The lowest BCUT2D eigenvalue weighted by Crippen LogP contribution is -2.42. The molecular weight excluding hydrogens is 202 g/mol. The Kier molecular flexibility index (Phi) is 5.56. The van der Waals surface area contributed by atoms with Gasteiger partial charge in [0.2, 0.25) is 0 Å². The number of rotatable bonds is 7. The fourth-order valence-corrected chi connectivity index (χ4v) is 1.69. The number of hydrogen-bond donors (Lipinski definition) is 1. The normalized spacial score (nSPS) is 17.0. The number of methoxy groups -OCH3 is 1. The highest BCUT2D eigenvalue weighted by molar-refractivity contribution is 4.98. The first-order chi connectivity index (χ1) is 7.63. The zero-order chi connectivity index (χ0) is 12.0. The van der Waals surface area contributed by atoms with Crippen molar-refractivity contribution in [3.05, 3.63) is 24.2 Å². The van der Waals surface area contributed by atoms with Gasteiger partial charge in [-0.3, -0.25) is 0 Å². The predicted molar refractivity (Wildman–Crippen MR) is 65.6 cm³/mol. The van der Waals surface area contributed by atoms with Crippen LogP contribution >= 0.6 is 0 Å². The van der Waals surface area contributed by atoms with E-state index in [1.165, 1.54) is 0 Å². The molecule has 0 spiro atoms. The minimum absolute atomic E-state index is 0.242. The highest BCUT2D eigenvalue weighted by Crippen LogP contribution is 2.07. The summed E-state index contributed by atoms with van der Waals surface area (Å²) in [6.45, 7) is 6.43. The molecule has 0 radical (unpaired) electrons. The first-order valence-corrected chi connectivity index (χ1v) is 5.94. The molecule has 1 aromatic heterocycles. The average molecular weight is 225 g/mol. The molecule has 1 rings (SSSR count). The van der Waals surface area contributed by atoms with Crippen molar-refractivity contribution in [1.29, 1.82) is 0 Å². The van der Waals surface area contributed by atoms with E-state index in [4.69, 9.17) is 9.15 Å². The molecule has 1 heterocycles. The van der Waals surface area contributed by atoms with Crippen LogP contribution < -0.4 is 5.32 Å². The highest BCUT2D eigenvalue weighted by atomic mass is 16.5. The Hall–Kier alpha value is -0.800. The largest absolute Gasteiger partial charge is 0.469 e. The van der Waals surface area contributed by atoms with Gasteiger partial charge in [-0.05, 0) is 39.3 Å². The molecule has 0 aliphatic carbocycles. The van der Waals surface area contributed by atoms with E-state index in [9.17, 15) is 0 Å². The van der Waals surface area contributed by atoms with Crippen molar-refractivity contribution in [1.82, 2.24) is 5.32 Å². The predicted octanol–water partition coefficient (Wildman–Crippen LogP) is 2.61. The Morgan fingerprint density at radius 1 is 1.38 bits per heavy atom. The molecule has 3 atom stereocenters. The third-order valence-electron chi connectivity index (χ3n) is 3.03. The maximum absolute atomic E-state index is 5.31. The SMILES string of the molecule is COC(C)C(C)NC(C)CCc1ccco1. The van der Waals surface area contributed by atoms with Crippen LogP contribution in [0.1, 0.15) is 33.0 Å². The monoisotopic (exact) mass is 225 g/mol. The number of furan rings is 1. The minimum atomic E-state index is 0.242. The van der Waals surface area contributed by atoms with Gasteiger partial charge in [-0.2, -0.15) is 0 Å². The fourth-order valence-electron chi connectivity index (χ4n) is 1.69. The fraction of sp³-hybridized carbons (Fsp3) is 0.692. The second kappa shape index (κ2) is 6.71. The van der Waals surface area contributed by atoms with Gasteiger partial charge in [0.05, 0.1) is 12.4 Å². The van der Waals surface area contributed by atoms with Crippen molar-refractivity contribution in [2.45, 2.75) is 51.8 Å². The summed E-state index contributed by atoms with van der Waals surface area (Å²) in [7, 11) is 1.75. The third-order valence-corrected chi connectivity index (χ3v) is 3.03. The van der Waals surface area contributed by atoms with Crippen molar-refractivity contribution in [2.24, 2.45) is 0 Å². The number of hydrogen-bond acceptors (Lipinski definition) is 3. The van der Waals surface area contributed by atoms with Gasteiger partial charge in [-0.1, -0.05) is 0 Å². The summed E-state index contributed by atoms with van der Waals surface area (Å²) in [6.07, 6.45) is 4.03. The maximum atomic E-state index is 5.31. The van der Waals surface area contributed by atoms with Crippen molar-refractivity contribution >= 4 is 0 Å². The van der Waals surface area contributed by atoms with Crippen LogP contribution in [0.4, 0.5) is 0 Å². The van der Waals surface area contributed by atoms with E-state index in [1.54, 1.807) is 13.4 Å². The average Bonchev–Trinajstić information content (AvgIpc) is 2.78. The Labute approximate surface area is 98.2 Å². The zero-order valence-corrected chi connectivity index (χ0v) is 10.7. The zero-order valence-electron chi connectivity index (χ0n) is 10.7. The molecule has 0 aromatic carbocycles. The Bertz CT molecular complexity index is 271. The topological polar surface area (TPSA) is 34.4 Å². The van der Waals surface area contributed by atoms with Crippen LogP contribution in [0.3, 0.4) is 0 Å². The molecule has 3 nitrogen and oxygen atoms in total. The van der Waals surface area contributed by atoms with Crippen LogP contribution in [-0.2, 0) is 11.2 Å². The molecule has 0 fully saturated rings. The maximum Gasteiger partial charge on any atom is 0.103 e. The minimum Gasteiger partial charge on any atom is -0.469 e. The van der Waals surface area contributed by atoms with Crippen molar-refractivity contribution in [3.63, 3.8) is 0 Å². The quantitative estimate of drug-likeness (QED) is 0.774. The molecule has 0 aliphatic rings. The Morgan fingerprint density at radius 2 is 2.12 bits per heavy atom. The molecule has 0 saturated heterocycles. The number of aryl methyl sites for hydroxylation is 1. The second-order valence-electron chi connectivity index (χ2n) is 4.42. The molecule has 0 saturated carbocycles. The van der Waals surface area contributed by atoms with Gasteiger partial charge >= 0.3 is 0 Å². The van der Waals surface area contributed by atoms with Crippen LogP contribution in [0.15, 0.2) is 22.8 Å². The Balaban J connectivity index is 2.22. The summed E-state index contributed by atoms with van der Waals surface area (Å²) in [5, 5.41) is 3.53. The van der Waals surface area contributed by atoms with Gasteiger partial charge in [0.25, 0.3) is 0 Å². The van der Waals surface area contributed by atoms with Crippen molar-refractivity contribution in [3.8, 4) is 0 Å². The molecule has 0 bridgehead atoms. The summed E-state index contributed by atoms with van der Waals surface area (Å²) < 4.78 is 10.6. The lowest BCUT2D eigenvalue weighted by molar-refractivity contribution is 0.0847.